The third-order valence-electron chi connectivity index (χ3n) is 5.13. The van der Waals surface area contributed by atoms with E-state index in [9.17, 15) is 9.59 Å². The van der Waals surface area contributed by atoms with Crippen molar-refractivity contribution in [2.24, 2.45) is 11.8 Å². The molecule has 2 amide bonds. The summed E-state index contributed by atoms with van der Waals surface area (Å²) in [6, 6.07) is 3.73. The van der Waals surface area contributed by atoms with Crippen LogP contribution in [0.3, 0.4) is 0 Å². The van der Waals surface area contributed by atoms with Gasteiger partial charge in [-0.15, -0.1) is 0 Å². The lowest BCUT2D eigenvalue weighted by molar-refractivity contribution is -0.126. The van der Waals surface area contributed by atoms with Crippen LogP contribution in [0.1, 0.15) is 41.5 Å². The molecule has 3 rings (SSSR count). The maximum atomic E-state index is 12.5. The molecular weight excluding hydrogens is 344 g/mol. The number of carbonyl (C=O) groups is 2. The van der Waals surface area contributed by atoms with Gasteiger partial charge in [0.05, 0.1) is 17.5 Å². The lowest BCUT2D eigenvalue weighted by atomic mass is 9.95. The van der Waals surface area contributed by atoms with E-state index in [0.717, 1.165) is 17.9 Å². The van der Waals surface area contributed by atoms with Crippen LogP contribution >= 0.6 is 0 Å². The molecule has 0 aliphatic carbocycles. The number of aryl methyl sites for hydroxylation is 2. The van der Waals surface area contributed by atoms with E-state index in [4.69, 9.17) is 4.42 Å². The van der Waals surface area contributed by atoms with E-state index in [0.29, 0.717) is 44.0 Å². The van der Waals surface area contributed by atoms with Crippen LogP contribution < -0.4 is 5.32 Å². The van der Waals surface area contributed by atoms with E-state index < -0.39 is 0 Å². The molecule has 1 saturated heterocycles. The van der Waals surface area contributed by atoms with Gasteiger partial charge in [-0.05, 0) is 44.7 Å². The maximum Gasteiger partial charge on any atom is 0.257 e. The summed E-state index contributed by atoms with van der Waals surface area (Å²) in [5.74, 6) is 0.334. The molecule has 0 aromatic carbocycles. The molecule has 146 valence electrons. The van der Waals surface area contributed by atoms with Gasteiger partial charge in [-0.1, -0.05) is 6.92 Å². The summed E-state index contributed by atoms with van der Waals surface area (Å²) in [6.07, 6.45) is 4.36. The van der Waals surface area contributed by atoms with Gasteiger partial charge in [0, 0.05) is 37.8 Å². The lowest BCUT2D eigenvalue weighted by Crippen LogP contribution is -2.43. The third-order valence-corrected chi connectivity index (χ3v) is 5.13. The first-order valence-corrected chi connectivity index (χ1v) is 9.54. The number of amides is 2. The Morgan fingerprint density at radius 2 is 2.07 bits per heavy atom. The normalized spacial score (nSPS) is 16.3. The Morgan fingerprint density at radius 3 is 2.67 bits per heavy atom. The Hall–Kier alpha value is -2.57. The van der Waals surface area contributed by atoms with Crippen LogP contribution in [0, 0.1) is 25.7 Å². The van der Waals surface area contributed by atoms with Gasteiger partial charge in [0.25, 0.3) is 5.91 Å². The van der Waals surface area contributed by atoms with Gasteiger partial charge in [-0.25, -0.2) is 0 Å². The summed E-state index contributed by atoms with van der Waals surface area (Å²) < 4.78 is 6.97. The predicted molar refractivity (Wildman–Crippen MR) is 101 cm³/mol. The van der Waals surface area contributed by atoms with Crippen LogP contribution in [0.5, 0.6) is 0 Å². The highest BCUT2D eigenvalue weighted by atomic mass is 16.3. The molecular formula is C20H28N4O3. The Bertz CT molecular complexity index is 773. The third kappa shape index (κ3) is 4.78. The first kappa shape index (κ1) is 19.2. The van der Waals surface area contributed by atoms with Gasteiger partial charge in [-0.2, -0.15) is 5.10 Å². The molecule has 1 unspecified atom stereocenters. The molecule has 7 nitrogen and oxygen atoms in total. The van der Waals surface area contributed by atoms with Crippen molar-refractivity contribution < 1.29 is 14.0 Å². The van der Waals surface area contributed by atoms with Crippen molar-refractivity contribution in [1.29, 1.82) is 0 Å². The zero-order valence-electron chi connectivity index (χ0n) is 16.3. The second-order valence-corrected chi connectivity index (χ2v) is 7.54. The second kappa shape index (κ2) is 8.41. The van der Waals surface area contributed by atoms with E-state index in [1.165, 1.54) is 12.5 Å². The molecule has 2 aromatic rings. The van der Waals surface area contributed by atoms with Crippen molar-refractivity contribution in [3.05, 3.63) is 41.6 Å². The number of nitrogens with one attached hydrogen (secondary N) is 1. The van der Waals surface area contributed by atoms with Crippen LogP contribution in [0.15, 0.2) is 29.1 Å². The van der Waals surface area contributed by atoms with Crippen molar-refractivity contribution in [3.8, 4) is 0 Å². The predicted octanol–water partition coefficient (Wildman–Crippen LogP) is 2.40. The summed E-state index contributed by atoms with van der Waals surface area (Å²) in [4.78, 5) is 26.6. The number of hydrogen-bond donors (Lipinski definition) is 1. The zero-order chi connectivity index (χ0) is 19.4. The number of likely N-dealkylation sites (tertiary alicyclic amines) is 1. The highest BCUT2D eigenvalue weighted by molar-refractivity contribution is 5.94. The first-order valence-electron chi connectivity index (χ1n) is 9.54. The van der Waals surface area contributed by atoms with Crippen LogP contribution in [-0.4, -0.2) is 46.1 Å². The van der Waals surface area contributed by atoms with Crippen molar-refractivity contribution >= 4 is 11.8 Å². The molecule has 3 heterocycles. The zero-order valence-corrected chi connectivity index (χ0v) is 16.3. The van der Waals surface area contributed by atoms with Crippen LogP contribution in [0.25, 0.3) is 0 Å². The topological polar surface area (TPSA) is 80.4 Å². The molecule has 1 aliphatic heterocycles. The average Bonchev–Trinajstić information content (AvgIpc) is 3.29. The van der Waals surface area contributed by atoms with E-state index in [-0.39, 0.29) is 17.7 Å². The largest absolute Gasteiger partial charge is 0.472 e. The first-order chi connectivity index (χ1) is 12.9. The summed E-state index contributed by atoms with van der Waals surface area (Å²) in [5.41, 5.74) is 2.72. The smallest absolute Gasteiger partial charge is 0.257 e. The maximum absolute atomic E-state index is 12.5. The number of hydrogen-bond acceptors (Lipinski definition) is 4. The Labute approximate surface area is 159 Å². The van der Waals surface area contributed by atoms with Crippen LogP contribution in [0.2, 0.25) is 0 Å². The molecule has 1 fully saturated rings. The average molecular weight is 372 g/mol. The highest BCUT2D eigenvalue weighted by Gasteiger charge is 2.28. The fourth-order valence-electron chi connectivity index (χ4n) is 3.55. The van der Waals surface area contributed by atoms with Crippen molar-refractivity contribution in [1.82, 2.24) is 20.0 Å². The molecule has 2 aromatic heterocycles. The van der Waals surface area contributed by atoms with E-state index in [1.54, 1.807) is 11.0 Å². The fourth-order valence-corrected chi connectivity index (χ4v) is 3.55. The van der Waals surface area contributed by atoms with Crippen molar-refractivity contribution in [3.63, 3.8) is 0 Å². The van der Waals surface area contributed by atoms with Gasteiger partial charge in [0.1, 0.15) is 6.26 Å². The van der Waals surface area contributed by atoms with Crippen molar-refractivity contribution in [2.45, 2.75) is 40.2 Å². The Morgan fingerprint density at radius 1 is 1.33 bits per heavy atom. The molecule has 0 bridgehead atoms. The number of nitrogens with zero attached hydrogens (tertiary/aromatic N) is 3. The molecule has 1 atom stereocenters. The van der Waals surface area contributed by atoms with E-state index in [2.05, 4.69) is 23.4 Å². The minimum Gasteiger partial charge on any atom is -0.472 e. The number of piperidine rings is 1. The molecule has 0 saturated carbocycles. The number of furan rings is 1. The molecule has 7 heteroatoms. The Kier molecular flexibility index (Phi) is 5.98. The second-order valence-electron chi connectivity index (χ2n) is 7.54. The van der Waals surface area contributed by atoms with Gasteiger partial charge < -0.3 is 14.6 Å². The summed E-state index contributed by atoms with van der Waals surface area (Å²) in [7, 11) is 0. The highest BCUT2D eigenvalue weighted by Crippen LogP contribution is 2.19. The molecule has 1 N–H and O–H groups in total. The van der Waals surface area contributed by atoms with Gasteiger partial charge in [0.2, 0.25) is 5.91 Å². The van der Waals surface area contributed by atoms with Gasteiger partial charge in [-0.3, -0.25) is 14.3 Å². The lowest BCUT2D eigenvalue weighted by Gasteiger charge is -2.31. The van der Waals surface area contributed by atoms with E-state index in [1.807, 2.05) is 18.5 Å². The Balaban J connectivity index is 1.41. The standard InChI is InChI=1S/C20H28N4O3/c1-14(12-24-16(3)10-15(2)22-24)11-21-19(25)17-4-7-23(8-5-17)20(26)18-6-9-27-13-18/h6,9-10,13-14,17H,4-5,7-8,11-12H2,1-3H3,(H,21,25). The van der Waals surface area contributed by atoms with Crippen LogP contribution in [-0.2, 0) is 11.3 Å². The molecule has 0 radical (unpaired) electrons. The molecule has 27 heavy (non-hydrogen) atoms. The summed E-state index contributed by atoms with van der Waals surface area (Å²) in [5, 5.41) is 7.54. The minimum absolute atomic E-state index is 0.0267. The van der Waals surface area contributed by atoms with Crippen LogP contribution in [0.4, 0.5) is 0 Å². The molecule has 0 spiro atoms. The van der Waals surface area contributed by atoms with E-state index >= 15 is 0 Å². The minimum atomic E-state index is -0.0284. The quantitative estimate of drug-likeness (QED) is 0.844. The molecule has 1 aliphatic rings. The number of rotatable bonds is 6. The van der Waals surface area contributed by atoms with Crippen molar-refractivity contribution in [2.75, 3.05) is 19.6 Å². The SMILES string of the molecule is Cc1cc(C)n(CC(C)CNC(=O)C2CCN(C(=O)c3ccoc3)CC2)n1. The van der Waals surface area contributed by atoms with Gasteiger partial charge in [0.15, 0.2) is 0 Å². The fraction of sp³-hybridized carbons (Fsp3) is 0.550. The van der Waals surface area contributed by atoms with Gasteiger partial charge >= 0.3 is 0 Å². The number of aromatic nitrogens is 2. The summed E-state index contributed by atoms with van der Waals surface area (Å²) in [6.45, 7) is 8.77. The monoisotopic (exact) mass is 372 g/mol. The summed E-state index contributed by atoms with van der Waals surface area (Å²) >= 11 is 0. The number of carbonyl (C=O) groups excluding carboxylic acids is 2.